The predicted molar refractivity (Wildman–Crippen MR) is 84.0 cm³/mol. The number of rotatable bonds is 2. The van der Waals surface area contributed by atoms with E-state index in [4.69, 9.17) is 23.2 Å². The van der Waals surface area contributed by atoms with Gasteiger partial charge in [0, 0.05) is 17.8 Å². The first-order chi connectivity index (χ1) is 10.2. The fourth-order valence-corrected chi connectivity index (χ4v) is 2.37. The number of amides is 1. The number of carbonyl (C=O) groups excluding carboxylic acids is 1. The number of halogens is 2. The summed E-state index contributed by atoms with van der Waals surface area (Å²) in [5, 5.41) is 4.85. The maximum atomic E-state index is 12.4. The van der Waals surface area contributed by atoms with Gasteiger partial charge < -0.3 is 5.32 Å². The average molecular weight is 318 g/mol. The lowest BCUT2D eigenvalue weighted by atomic mass is 10.1. The van der Waals surface area contributed by atoms with Gasteiger partial charge in [-0.2, -0.15) is 0 Å². The van der Waals surface area contributed by atoms with Crippen LogP contribution in [0, 0.1) is 0 Å². The Kier molecular flexibility index (Phi) is 3.73. The minimum absolute atomic E-state index is 0.309. The van der Waals surface area contributed by atoms with Gasteiger partial charge in [0.2, 0.25) is 0 Å². The van der Waals surface area contributed by atoms with E-state index in [0.29, 0.717) is 21.6 Å². The van der Waals surface area contributed by atoms with Crippen LogP contribution in [0.4, 0.5) is 5.82 Å². The second kappa shape index (κ2) is 5.68. The molecule has 3 aromatic rings. The number of nitrogens with zero attached hydrogens (tertiary/aromatic N) is 2. The summed E-state index contributed by atoms with van der Waals surface area (Å²) in [5.41, 5.74) is 0.414. The first-order valence-electron chi connectivity index (χ1n) is 6.12. The van der Waals surface area contributed by atoms with Crippen LogP contribution in [0.15, 0.2) is 48.8 Å². The first-order valence-corrected chi connectivity index (χ1v) is 6.87. The zero-order valence-corrected chi connectivity index (χ0v) is 12.2. The minimum Gasteiger partial charge on any atom is -0.305 e. The van der Waals surface area contributed by atoms with Gasteiger partial charge in [0.05, 0.1) is 10.6 Å². The number of aromatic nitrogens is 2. The standard InChI is InChI=1S/C15H9Cl2N3O/c16-12-6-3-7-18-14(12)20-15(21)11-8-19-13(17)10-5-2-1-4-9(10)11/h1-8H,(H,18,20,21). The maximum Gasteiger partial charge on any atom is 0.259 e. The molecule has 3 rings (SSSR count). The number of pyridine rings is 2. The fourth-order valence-electron chi connectivity index (χ4n) is 1.99. The van der Waals surface area contributed by atoms with Crippen LogP contribution in [0.2, 0.25) is 10.2 Å². The first kappa shape index (κ1) is 13.8. The van der Waals surface area contributed by atoms with E-state index in [1.165, 1.54) is 6.20 Å². The lowest BCUT2D eigenvalue weighted by Gasteiger charge is -2.08. The van der Waals surface area contributed by atoms with Crippen LogP contribution >= 0.6 is 23.2 Å². The topological polar surface area (TPSA) is 54.9 Å². The lowest BCUT2D eigenvalue weighted by molar-refractivity contribution is 0.102. The molecule has 1 N–H and O–H groups in total. The molecule has 1 aromatic carbocycles. The Morgan fingerprint density at radius 1 is 1.00 bits per heavy atom. The summed E-state index contributed by atoms with van der Waals surface area (Å²) in [6.45, 7) is 0. The van der Waals surface area contributed by atoms with Crippen molar-refractivity contribution in [1.29, 1.82) is 0 Å². The van der Waals surface area contributed by atoms with E-state index in [2.05, 4.69) is 15.3 Å². The van der Waals surface area contributed by atoms with Crippen molar-refractivity contribution in [2.45, 2.75) is 0 Å². The number of nitrogens with one attached hydrogen (secondary N) is 1. The molecule has 0 fully saturated rings. The molecule has 0 spiro atoms. The van der Waals surface area contributed by atoms with Crippen LogP contribution in [0.5, 0.6) is 0 Å². The van der Waals surface area contributed by atoms with Crippen LogP contribution < -0.4 is 5.32 Å². The molecule has 0 aliphatic heterocycles. The number of hydrogen-bond acceptors (Lipinski definition) is 3. The Hall–Kier alpha value is -2.17. The molecule has 6 heteroatoms. The molecule has 104 valence electrons. The van der Waals surface area contributed by atoms with E-state index < -0.39 is 0 Å². The van der Waals surface area contributed by atoms with Gasteiger partial charge in [-0.05, 0) is 17.5 Å². The number of hydrogen-bond donors (Lipinski definition) is 1. The third kappa shape index (κ3) is 2.68. The van der Waals surface area contributed by atoms with Crippen LogP contribution in [-0.2, 0) is 0 Å². The van der Waals surface area contributed by atoms with Crippen molar-refractivity contribution in [2.75, 3.05) is 5.32 Å². The molecule has 2 aromatic heterocycles. The van der Waals surface area contributed by atoms with Gasteiger partial charge >= 0.3 is 0 Å². The Morgan fingerprint density at radius 2 is 1.76 bits per heavy atom. The van der Waals surface area contributed by atoms with Crippen LogP contribution in [0.3, 0.4) is 0 Å². The minimum atomic E-state index is -0.337. The third-order valence-electron chi connectivity index (χ3n) is 2.98. The van der Waals surface area contributed by atoms with Crippen molar-refractivity contribution in [3.05, 3.63) is 64.5 Å². The van der Waals surface area contributed by atoms with Gasteiger partial charge in [-0.3, -0.25) is 4.79 Å². The van der Waals surface area contributed by atoms with Crippen LogP contribution in [-0.4, -0.2) is 15.9 Å². The van der Waals surface area contributed by atoms with Crippen LogP contribution in [0.25, 0.3) is 10.8 Å². The second-order valence-electron chi connectivity index (χ2n) is 4.30. The summed E-state index contributed by atoms with van der Waals surface area (Å²) in [6.07, 6.45) is 3.00. The highest BCUT2D eigenvalue weighted by Gasteiger charge is 2.14. The molecule has 0 aliphatic rings. The summed E-state index contributed by atoms with van der Waals surface area (Å²) in [4.78, 5) is 20.5. The summed E-state index contributed by atoms with van der Waals surface area (Å²) < 4.78 is 0. The SMILES string of the molecule is O=C(Nc1ncccc1Cl)c1cnc(Cl)c2ccccc12. The van der Waals surface area contributed by atoms with Gasteiger partial charge in [0.15, 0.2) is 5.82 Å². The third-order valence-corrected chi connectivity index (χ3v) is 3.59. The van der Waals surface area contributed by atoms with E-state index in [-0.39, 0.29) is 5.91 Å². The normalized spacial score (nSPS) is 10.6. The molecule has 4 nitrogen and oxygen atoms in total. The molecule has 1 amide bonds. The molecule has 0 radical (unpaired) electrons. The van der Waals surface area contributed by atoms with Crippen molar-refractivity contribution in [3.8, 4) is 0 Å². The zero-order chi connectivity index (χ0) is 14.8. The quantitative estimate of drug-likeness (QED) is 0.721. The van der Waals surface area contributed by atoms with E-state index in [1.54, 1.807) is 18.3 Å². The van der Waals surface area contributed by atoms with Crippen molar-refractivity contribution < 1.29 is 4.79 Å². The average Bonchev–Trinajstić information content (AvgIpc) is 2.50. The monoisotopic (exact) mass is 317 g/mol. The highest BCUT2D eigenvalue weighted by Crippen LogP contribution is 2.25. The van der Waals surface area contributed by atoms with Gasteiger partial charge in [0.1, 0.15) is 5.15 Å². The van der Waals surface area contributed by atoms with Gasteiger partial charge in [-0.1, -0.05) is 47.5 Å². The van der Waals surface area contributed by atoms with Gasteiger partial charge in [-0.15, -0.1) is 0 Å². The number of benzene rings is 1. The fraction of sp³-hybridized carbons (Fsp3) is 0. The lowest BCUT2D eigenvalue weighted by Crippen LogP contribution is -2.14. The largest absolute Gasteiger partial charge is 0.305 e. The molecular weight excluding hydrogens is 309 g/mol. The Balaban J connectivity index is 2.03. The number of fused-ring (bicyclic) bond motifs is 1. The van der Waals surface area contributed by atoms with Crippen molar-refractivity contribution in [1.82, 2.24) is 9.97 Å². The van der Waals surface area contributed by atoms with E-state index >= 15 is 0 Å². The Bertz CT molecular complexity index is 836. The summed E-state index contributed by atoms with van der Waals surface area (Å²) >= 11 is 12.0. The van der Waals surface area contributed by atoms with E-state index in [9.17, 15) is 4.79 Å². The highest BCUT2D eigenvalue weighted by molar-refractivity contribution is 6.35. The molecule has 0 saturated heterocycles. The molecule has 0 saturated carbocycles. The predicted octanol–water partition coefficient (Wildman–Crippen LogP) is 4.19. The zero-order valence-electron chi connectivity index (χ0n) is 10.7. The molecule has 21 heavy (non-hydrogen) atoms. The Labute approximate surface area is 130 Å². The van der Waals surface area contributed by atoms with E-state index in [1.807, 2.05) is 24.3 Å². The molecule has 2 heterocycles. The molecule has 0 bridgehead atoms. The summed E-state index contributed by atoms with van der Waals surface area (Å²) in [6, 6.07) is 10.7. The van der Waals surface area contributed by atoms with Gasteiger partial charge in [-0.25, -0.2) is 9.97 Å². The van der Waals surface area contributed by atoms with Gasteiger partial charge in [0.25, 0.3) is 5.91 Å². The highest BCUT2D eigenvalue weighted by atomic mass is 35.5. The second-order valence-corrected chi connectivity index (χ2v) is 5.06. The number of anilines is 1. The summed E-state index contributed by atoms with van der Waals surface area (Å²) in [7, 11) is 0. The van der Waals surface area contributed by atoms with Crippen molar-refractivity contribution in [2.24, 2.45) is 0 Å². The van der Waals surface area contributed by atoms with Crippen molar-refractivity contribution >= 4 is 45.7 Å². The smallest absolute Gasteiger partial charge is 0.259 e. The van der Waals surface area contributed by atoms with Crippen molar-refractivity contribution in [3.63, 3.8) is 0 Å². The molecule has 0 aliphatic carbocycles. The summed E-state index contributed by atoms with van der Waals surface area (Å²) in [5.74, 6) is -0.0286. The van der Waals surface area contributed by atoms with E-state index in [0.717, 1.165) is 10.8 Å². The molecular formula is C15H9Cl2N3O. The Morgan fingerprint density at radius 3 is 2.52 bits per heavy atom. The number of carbonyl (C=O) groups is 1. The molecule has 0 unspecified atom stereocenters. The molecule has 0 atom stereocenters. The maximum absolute atomic E-state index is 12.4. The van der Waals surface area contributed by atoms with Crippen LogP contribution in [0.1, 0.15) is 10.4 Å².